The molecule has 0 unspecified atom stereocenters. The van der Waals surface area contributed by atoms with Gasteiger partial charge in [-0.2, -0.15) is 0 Å². The van der Waals surface area contributed by atoms with E-state index in [1.54, 1.807) is 31.4 Å². The predicted octanol–water partition coefficient (Wildman–Crippen LogP) is 5.15. The van der Waals surface area contributed by atoms with Crippen LogP contribution in [0, 0.1) is 0 Å². The molecule has 8 heteroatoms. The Hall–Kier alpha value is -1.40. The molecular formula is C16H15Cl3N2O2S. The molecule has 24 heavy (non-hydrogen) atoms. The van der Waals surface area contributed by atoms with E-state index in [1.165, 1.54) is 7.11 Å². The van der Waals surface area contributed by atoms with Gasteiger partial charge in [0, 0.05) is 28.7 Å². The summed E-state index contributed by atoms with van der Waals surface area (Å²) in [6.07, 6.45) is 0. The summed E-state index contributed by atoms with van der Waals surface area (Å²) in [6, 6.07) is 8.66. The Balaban J connectivity index is 2.06. The van der Waals surface area contributed by atoms with Gasteiger partial charge in [0.2, 0.25) is 0 Å². The highest BCUT2D eigenvalue weighted by Gasteiger charge is 2.11. The van der Waals surface area contributed by atoms with Crippen LogP contribution < -0.4 is 20.1 Å². The zero-order valence-electron chi connectivity index (χ0n) is 13.0. The largest absolute Gasteiger partial charge is 0.495 e. The Labute approximate surface area is 161 Å². The quantitative estimate of drug-likeness (QED) is 0.673. The Bertz CT molecular complexity index is 756. The minimum absolute atomic E-state index is 0.406. The molecule has 0 heterocycles. The summed E-state index contributed by atoms with van der Waals surface area (Å²) in [7, 11) is 3.09. The molecule has 4 nitrogen and oxygen atoms in total. The van der Waals surface area contributed by atoms with E-state index in [0.29, 0.717) is 43.9 Å². The molecule has 0 atom stereocenters. The van der Waals surface area contributed by atoms with E-state index in [9.17, 15) is 0 Å². The molecule has 0 aliphatic heterocycles. The molecule has 0 aliphatic carbocycles. The fraction of sp³-hybridized carbons (Fsp3) is 0.188. The van der Waals surface area contributed by atoms with Gasteiger partial charge in [0.25, 0.3) is 0 Å². The molecule has 0 bridgehead atoms. The van der Waals surface area contributed by atoms with Crippen LogP contribution in [0.2, 0.25) is 15.1 Å². The first-order valence-electron chi connectivity index (χ1n) is 6.85. The van der Waals surface area contributed by atoms with Crippen molar-refractivity contribution >= 4 is 57.8 Å². The van der Waals surface area contributed by atoms with E-state index in [0.717, 1.165) is 5.56 Å². The topological polar surface area (TPSA) is 42.5 Å². The van der Waals surface area contributed by atoms with Crippen LogP contribution >= 0.6 is 47.0 Å². The molecule has 0 radical (unpaired) electrons. The third-order valence-corrected chi connectivity index (χ3v) is 4.31. The fourth-order valence-corrected chi connectivity index (χ4v) is 2.85. The lowest BCUT2D eigenvalue weighted by molar-refractivity contribution is 0.405. The Morgan fingerprint density at radius 1 is 1.00 bits per heavy atom. The molecule has 0 saturated carbocycles. The first-order chi connectivity index (χ1) is 11.4. The highest BCUT2D eigenvalue weighted by atomic mass is 35.5. The van der Waals surface area contributed by atoms with Crippen LogP contribution in [-0.2, 0) is 6.54 Å². The van der Waals surface area contributed by atoms with Crippen molar-refractivity contribution in [1.82, 2.24) is 5.32 Å². The van der Waals surface area contributed by atoms with Crippen molar-refractivity contribution in [2.75, 3.05) is 19.5 Å². The Morgan fingerprint density at radius 3 is 2.33 bits per heavy atom. The zero-order valence-corrected chi connectivity index (χ0v) is 16.0. The molecular weight excluding hydrogens is 391 g/mol. The van der Waals surface area contributed by atoms with Crippen LogP contribution in [0.4, 0.5) is 5.69 Å². The van der Waals surface area contributed by atoms with Crippen LogP contribution in [0.5, 0.6) is 11.5 Å². The predicted molar refractivity (Wildman–Crippen MR) is 104 cm³/mol. The molecule has 0 fully saturated rings. The van der Waals surface area contributed by atoms with Crippen LogP contribution in [-0.4, -0.2) is 19.3 Å². The van der Waals surface area contributed by atoms with Gasteiger partial charge >= 0.3 is 0 Å². The number of hydrogen-bond donors (Lipinski definition) is 2. The second-order valence-electron chi connectivity index (χ2n) is 4.73. The zero-order chi connectivity index (χ0) is 17.7. The summed E-state index contributed by atoms with van der Waals surface area (Å²) in [5.41, 5.74) is 1.52. The van der Waals surface area contributed by atoms with Crippen molar-refractivity contribution in [3.05, 3.63) is 51.0 Å². The maximum atomic E-state index is 6.14. The average molecular weight is 406 g/mol. The van der Waals surface area contributed by atoms with E-state index in [4.69, 9.17) is 56.5 Å². The van der Waals surface area contributed by atoms with Gasteiger partial charge in [-0.1, -0.05) is 40.9 Å². The van der Waals surface area contributed by atoms with Crippen LogP contribution in [0.25, 0.3) is 0 Å². The Kier molecular flexibility index (Phi) is 6.80. The second kappa shape index (κ2) is 8.62. The number of methoxy groups -OCH3 is 2. The second-order valence-corrected chi connectivity index (χ2v) is 6.39. The van der Waals surface area contributed by atoms with Crippen molar-refractivity contribution < 1.29 is 9.47 Å². The number of nitrogens with one attached hydrogen (secondary N) is 2. The van der Waals surface area contributed by atoms with E-state index >= 15 is 0 Å². The molecule has 0 aromatic heterocycles. The van der Waals surface area contributed by atoms with E-state index < -0.39 is 0 Å². The summed E-state index contributed by atoms with van der Waals surface area (Å²) in [4.78, 5) is 0. The minimum Gasteiger partial charge on any atom is -0.495 e. The van der Waals surface area contributed by atoms with Gasteiger partial charge in [0.1, 0.15) is 11.5 Å². The Morgan fingerprint density at radius 2 is 1.71 bits per heavy atom. The van der Waals surface area contributed by atoms with Crippen LogP contribution in [0.15, 0.2) is 30.3 Å². The summed E-state index contributed by atoms with van der Waals surface area (Å²) in [5, 5.41) is 8.14. The van der Waals surface area contributed by atoms with E-state index in [-0.39, 0.29) is 0 Å². The average Bonchev–Trinajstić information content (AvgIpc) is 2.55. The molecule has 0 spiro atoms. The highest BCUT2D eigenvalue weighted by molar-refractivity contribution is 7.80. The van der Waals surface area contributed by atoms with E-state index in [2.05, 4.69) is 10.6 Å². The first kappa shape index (κ1) is 18.9. The summed E-state index contributed by atoms with van der Waals surface area (Å²) >= 11 is 23.4. The lowest BCUT2D eigenvalue weighted by Gasteiger charge is -2.15. The monoisotopic (exact) mass is 404 g/mol. The lowest BCUT2D eigenvalue weighted by Crippen LogP contribution is -2.28. The van der Waals surface area contributed by atoms with Crippen LogP contribution in [0.3, 0.4) is 0 Å². The minimum atomic E-state index is 0.406. The fourth-order valence-electron chi connectivity index (χ4n) is 1.97. The number of thiocarbonyl (C=S) groups is 1. The number of hydrogen-bond acceptors (Lipinski definition) is 3. The smallest absolute Gasteiger partial charge is 0.171 e. The van der Waals surface area contributed by atoms with Gasteiger partial charge in [0.15, 0.2) is 5.11 Å². The summed E-state index contributed by atoms with van der Waals surface area (Å²) in [6.45, 7) is 0.453. The third-order valence-electron chi connectivity index (χ3n) is 3.18. The van der Waals surface area contributed by atoms with Gasteiger partial charge < -0.3 is 20.1 Å². The first-order valence-corrected chi connectivity index (χ1v) is 8.39. The number of benzene rings is 2. The lowest BCUT2D eigenvalue weighted by atomic mass is 10.2. The van der Waals surface area contributed by atoms with Gasteiger partial charge in [-0.15, -0.1) is 0 Å². The standard InChI is InChI=1S/C16H15Cl3N2O2S/c1-22-14-7-13(15(23-2)6-12(14)19)21-16(24)20-8-9-3-4-10(17)5-11(9)18/h3-7H,8H2,1-2H3,(H2,20,21,24). The maximum absolute atomic E-state index is 6.14. The molecule has 2 N–H and O–H groups in total. The van der Waals surface area contributed by atoms with Crippen LogP contribution in [0.1, 0.15) is 5.56 Å². The maximum Gasteiger partial charge on any atom is 0.171 e. The van der Waals surface area contributed by atoms with Gasteiger partial charge in [0.05, 0.1) is 24.9 Å². The van der Waals surface area contributed by atoms with E-state index in [1.807, 2.05) is 6.07 Å². The molecule has 0 amide bonds. The summed E-state index contributed by atoms with van der Waals surface area (Å²) in [5.74, 6) is 1.07. The number of anilines is 1. The third kappa shape index (κ3) is 4.80. The van der Waals surface area contributed by atoms with Crippen molar-refractivity contribution in [1.29, 1.82) is 0 Å². The van der Waals surface area contributed by atoms with Gasteiger partial charge in [-0.05, 0) is 29.9 Å². The molecule has 2 aromatic rings. The molecule has 128 valence electrons. The van der Waals surface area contributed by atoms with Gasteiger partial charge in [-0.3, -0.25) is 0 Å². The number of ether oxygens (including phenoxy) is 2. The molecule has 2 aromatic carbocycles. The number of halogens is 3. The highest BCUT2D eigenvalue weighted by Crippen LogP contribution is 2.35. The van der Waals surface area contributed by atoms with Crippen molar-refractivity contribution in [2.45, 2.75) is 6.54 Å². The van der Waals surface area contributed by atoms with Crippen molar-refractivity contribution in [2.24, 2.45) is 0 Å². The number of rotatable bonds is 5. The van der Waals surface area contributed by atoms with Crippen molar-refractivity contribution in [3.8, 4) is 11.5 Å². The molecule has 0 saturated heterocycles. The van der Waals surface area contributed by atoms with Gasteiger partial charge in [-0.25, -0.2) is 0 Å². The SMILES string of the molecule is COc1cc(NC(=S)NCc2ccc(Cl)cc2Cl)c(OC)cc1Cl. The van der Waals surface area contributed by atoms with Crippen molar-refractivity contribution in [3.63, 3.8) is 0 Å². The molecule has 2 rings (SSSR count). The molecule has 0 aliphatic rings. The normalized spacial score (nSPS) is 10.2. The summed E-state index contributed by atoms with van der Waals surface area (Å²) < 4.78 is 10.5.